The van der Waals surface area contributed by atoms with Gasteiger partial charge >= 0.3 is 7.82 Å². The van der Waals surface area contributed by atoms with Crippen LogP contribution in [0.15, 0.2) is 6.33 Å². The van der Waals surface area contributed by atoms with Crippen molar-refractivity contribution in [2.75, 3.05) is 51.6 Å². The number of aryl methyl sites for hydroxylation is 1. The highest BCUT2D eigenvalue weighted by atomic mass is 32.1. The number of nitrogens with zero attached hydrogens (tertiary/aromatic N) is 6. The van der Waals surface area contributed by atoms with Gasteiger partial charge < -0.3 is 40.6 Å². The highest BCUT2D eigenvalue weighted by molar-refractivity contribution is 7.81. The lowest BCUT2D eigenvalue weighted by Crippen LogP contribution is -2.30. The molecule has 0 unspecified atom stereocenters. The lowest BCUT2D eigenvalue weighted by molar-refractivity contribution is -0.0422. The summed E-state index contributed by atoms with van der Waals surface area (Å²) in [6.07, 6.45) is -1.42. The lowest BCUT2D eigenvalue weighted by atomic mass is 10.2. The van der Waals surface area contributed by atoms with Crippen molar-refractivity contribution in [2.24, 2.45) is 0 Å². The van der Waals surface area contributed by atoms with Crippen LogP contribution >= 0.6 is 20.5 Å². The van der Waals surface area contributed by atoms with Crippen LogP contribution in [0.25, 0.3) is 11.2 Å². The second kappa shape index (κ2) is 18.1. The van der Waals surface area contributed by atoms with Gasteiger partial charge in [0, 0.05) is 0 Å². The third-order valence-corrected chi connectivity index (χ3v) is 7.31. The first-order valence-corrected chi connectivity index (χ1v) is 15.0. The van der Waals surface area contributed by atoms with E-state index in [1.165, 1.54) is 45.6 Å². The molecule has 0 aromatic carbocycles. The zero-order chi connectivity index (χ0) is 29.0. The van der Waals surface area contributed by atoms with Crippen LogP contribution in [0.2, 0.25) is 0 Å². The molecular weight excluding hydrogens is 549 g/mol. The van der Waals surface area contributed by atoms with Crippen molar-refractivity contribution in [1.82, 2.24) is 29.3 Å². The number of aromatic nitrogens is 4. The Hall–Kier alpha value is -1.39. The molecule has 7 N–H and O–H groups in total. The molecule has 1 saturated heterocycles. The monoisotopic (exact) mass is 597 g/mol. The zero-order valence-electron chi connectivity index (χ0n) is 24.1. The van der Waals surface area contributed by atoms with Crippen LogP contribution in [-0.4, -0.2) is 113 Å². The molecule has 2 aromatic rings. The van der Waals surface area contributed by atoms with Crippen LogP contribution in [0.4, 0.5) is 5.82 Å². The van der Waals surface area contributed by atoms with E-state index in [9.17, 15) is 9.67 Å². The van der Waals surface area contributed by atoms with E-state index in [1.807, 2.05) is 0 Å². The Bertz CT molecular complexity index is 982. The Morgan fingerprint density at radius 3 is 1.95 bits per heavy atom. The quantitative estimate of drug-likeness (QED) is 0.194. The Morgan fingerprint density at radius 2 is 1.54 bits per heavy atom. The Balaban J connectivity index is 0.000000801. The van der Waals surface area contributed by atoms with Crippen molar-refractivity contribution in [3.05, 3.63) is 12.2 Å². The smallest absolute Gasteiger partial charge is 0.412 e. The number of thiol groups is 1. The first-order valence-electron chi connectivity index (χ1n) is 13.0. The zero-order valence-corrected chi connectivity index (χ0v) is 25.8. The number of hydrogen-bond donors (Lipinski definition) is 5. The van der Waals surface area contributed by atoms with Gasteiger partial charge in [-0.2, -0.15) is 12.6 Å². The van der Waals surface area contributed by atoms with E-state index in [1.54, 1.807) is 11.5 Å². The summed E-state index contributed by atoms with van der Waals surface area (Å²) in [7, 11) is -4.67. The maximum atomic E-state index is 10.8. The van der Waals surface area contributed by atoms with Gasteiger partial charge in [-0.1, -0.05) is 41.5 Å². The van der Waals surface area contributed by atoms with Gasteiger partial charge in [0.05, 0.1) is 24.3 Å². The van der Waals surface area contributed by atoms with Crippen LogP contribution in [-0.2, 0) is 13.8 Å². The molecule has 1 aliphatic rings. The molecule has 3 rings (SSSR count). The largest absolute Gasteiger partial charge is 0.469 e. The van der Waals surface area contributed by atoms with Crippen molar-refractivity contribution in [2.45, 2.75) is 72.2 Å². The third kappa shape index (κ3) is 11.6. The Kier molecular flexibility index (Phi) is 17.5. The first-order chi connectivity index (χ1) is 17.9. The maximum Gasteiger partial charge on any atom is 0.469 e. The number of nitrogens with two attached hydrogens (primary N) is 1. The van der Waals surface area contributed by atoms with E-state index in [0.717, 1.165) is 0 Å². The molecule has 228 valence electrons. The summed E-state index contributed by atoms with van der Waals surface area (Å²) in [6, 6.07) is 0. The summed E-state index contributed by atoms with van der Waals surface area (Å²) in [5, 5.41) is 9.49. The maximum absolute atomic E-state index is 10.8. The minimum atomic E-state index is -4.67. The number of nitrogen functional groups attached to an aromatic ring is 1. The van der Waals surface area contributed by atoms with Crippen molar-refractivity contribution in [3.8, 4) is 0 Å². The first kappa shape index (κ1) is 37.6. The number of aliphatic hydroxyl groups excluding tert-OH is 1. The number of imidazole rings is 1. The summed E-state index contributed by atoms with van der Waals surface area (Å²) in [5.41, 5.74) is 6.60. The number of anilines is 1. The second-order valence-electron chi connectivity index (χ2n) is 8.55. The van der Waals surface area contributed by atoms with Crippen LogP contribution in [0, 0.1) is 6.92 Å². The van der Waals surface area contributed by atoms with Gasteiger partial charge in [-0.15, -0.1) is 0 Å². The number of hydrogen-bond acceptors (Lipinski definition) is 11. The van der Waals surface area contributed by atoms with Crippen LogP contribution < -0.4 is 5.73 Å². The van der Waals surface area contributed by atoms with E-state index in [4.69, 9.17) is 20.3 Å². The molecule has 3 heterocycles. The molecule has 2 aromatic heterocycles. The van der Waals surface area contributed by atoms with Gasteiger partial charge in [-0.05, 0) is 46.2 Å². The standard InChI is InChI=1S/C11H16N5O6PS.2C6H15N.H2O/c1-4-14-9(12)6-10(15-4)16(3-13-6)11-8(24)7(17)5(22-11)2-21-23(18,19)20;2*1-4-7(5-2)6-3;/h3,5,7-8,11,17,24H,2H2,1H3,(H2,12,14,15)(H2,18,19,20);2*4-6H2,1-3H3;1H2/t5-,7-,8-,11-;;;/m1.../s1. The van der Waals surface area contributed by atoms with E-state index < -0.39 is 38.1 Å². The second-order valence-corrected chi connectivity index (χ2v) is 10.4. The average Bonchev–Trinajstić information content (AvgIpc) is 3.41. The number of phosphoric ester groups is 1. The fraction of sp³-hybridized carbons (Fsp3) is 0.783. The van der Waals surface area contributed by atoms with E-state index in [2.05, 4.69) is 83.4 Å². The Labute approximate surface area is 236 Å². The molecule has 0 aliphatic carbocycles. The van der Waals surface area contributed by atoms with Crippen molar-refractivity contribution in [1.29, 1.82) is 0 Å². The molecule has 0 saturated carbocycles. The topological polar surface area (TPSA) is 204 Å². The summed E-state index contributed by atoms with van der Waals surface area (Å²) in [6.45, 7) is 21.4. The minimum Gasteiger partial charge on any atom is -0.412 e. The SMILES string of the molecule is CCN(CC)CC.CCN(CC)CC.Cc1nc(N)c2ncn([C@@H]3O[C@H](COP(=O)(O)O)[C@@H](O)[C@H]3S)c2n1.O. The number of ether oxygens (including phenoxy) is 1. The van der Waals surface area contributed by atoms with Gasteiger partial charge in [0.25, 0.3) is 0 Å². The van der Waals surface area contributed by atoms with Crippen LogP contribution in [0.5, 0.6) is 0 Å². The molecule has 1 fully saturated rings. The van der Waals surface area contributed by atoms with Crippen molar-refractivity contribution >= 4 is 37.4 Å². The summed E-state index contributed by atoms with van der Waals surface area (Å²) in [4.78, 5) is 34.7. The predicted octanol–water partition coefficient (Wildman–Crippen LogP) is 1.25. The number of fused-ring (bicyclic) bond motifs is 1. The molecule has 4 atom stereocenters. The van der Waals surface area contributed by atoms with Gasteiger partial charge in [-0.3, -0.25) is 9.09 Å². The van der Waals surface area contributed by atoms with Crippen LogP contribution in [0.1, 0.15) is 53.6 Å². The fourth-order valence-corrected chi connectivity index (χ4v) is 4.59. The molecular formula is C23H48N7O7PS. The van der Waals surface area contributed by atoms with Gasteiger partial charge in [-0.25, -0.2) is 19.5 Å². The molecule has 0 bridgehead atoms. The number of phosphoric acid groups is 1. The molecule has 14 nitrogen and oxygen atoms in total. The van der Waals surface area contributed by atoms with Crippen molar-refractivity contribution in [3.63, 3.8) is 0 Å². The summed E-state index contributed by atoms with van der Waals surface area (Å²) < 4.78 is 22.4. The molecule has 39 heavy (non-hydrogen) atoms. The third-order valence-electron chi connectivity index (χ3n) is 6.26. The normalized spacial score (nSPS) is 20.8. The number of rotatable bonds is 10. The van der Waals surface area contributed by atoms with Crippen LogP contribution in [0.3, 0.4) is 0 Å². The molecule has 0 spiro atoms. The van der Waals surface area contributed by atoms with E-state index in [-0.39, 0.29) is 11.3 Å². The highest BCUT2D eigenvalue weighted by Crippen LogP contribution is 2.40. The fourth-order valence-electron chi connectivity index (χ4n) is 3.85. The Morgan fingerprint density at radius 1 is 1.05 bits per heavy atom. The van der Waals surface area contributed by atoms with E-state index >= 15 is 0 Å². The molecule has 0 radical (unpaired) electrons. The number of aliphatic hydroxyl groups is 1. The summed E-state index contributed by atoms with van der Waals surface area (Å²) >= 11 is 4.32. The van der Waals surface area contributed by atoms with Gasteiger partial charge in [0.2, 0.25) is 0 Å². The average molecular weight is 598 g/mol. The molecule has 16 heteroatoms. The van der Waals surface area contributed by atoms with Crippen molar-refractivity contribution < 1.29 is 34.2 Å². The van der Waals surface area contributed by atoms with Gasteiger partial charge in [0.1, 0.15) is 17.4 Å². The lowest BCUT2D eigenvalue weighted by Gasteiger charge is -2.17. The molecule has 0 amide bonds. The predicted molar refractivity (Wildman–Crippen MR) is 156 cm³/mol. The van der Waals surface area contributed by atoms with E-state index in [0.29, 0.717) is 17.0 Å². The van der Waals surface area contributed by atoms with Gasteiger partial charge in [0.15, 0.2) is 17.7 Å². The molecule has 1 aliphatic heterocycles. The highest BCUT2D eigenvalue weighted by Gasteiger charge is 2.44. The minimum absolute atomic E-state index is 0. The summed E-state index contributed by atoms with van der Waals surface area (Å²) in [5.74, 6) is 0.657.